The van der Waals surface area contributed by atoms with Crippen LogP contribution in [0.2, 0.25) is 0 Å². The standard InChI is InChI=1S/C14H17N3O4/c1-4-7-14(2,13(18)21-3)16-11-8-10(9-15)5-6-12(11)17(19)20/h5-6,8,16H,4,7H2,1-3H3. The Kier molecular flexibility index (Phi) is 5.24. The van der Waals surface area contributed by atoms with Crippen molar-refractivity contribution in [1.82, 2.24) is 0 Å². The van der Waals surface area contributed by atoms with Gasteiger partial charge in [-0.3, -0.25) is 10.1 Å². The lowest BCUT2D eigenvalue weighted by Crippen LogP contribution is -2.44. The number of nitriles is 1. The van der Waals surface area contributed by atoms with Crippen LogP contribution in [0, 0.1) is 21.4 Å². The number of carbonyl (C=O) groups is 1. The third-order valence-electron chi connectivity index (χ3n) is 3.12. The smallest absolute Gasteiger partial charge is 0.331 e. The van der Waals surface area contributed by atoms with E-state index in [2.05, 4.69) is 5.32 Å². The summed E-state index contributed by atoms with van der Waals surface area (Å²) in [7, 11) is 1.26. The number of rotatable bonds is 6. The summed E-state index contributed by atoms with van der Waals surface area (Å²) in [6.45, 7) is 3.51. The second kappa shape index (κ2) is 6.70. The molecule has 0 saturated heterocycles. The molecular formula is C14H17N3O4. The van der Waals surface area contributed by atoms with Crippen molar-refractivity contribution in [3.05, 3.63) is 33.9 Å². The second-order valence-corrected chi connectivity index (χ2v) is 4.80. The molecule has 0 aliphatic rings. The SMILES string of the molecule is CCCC(C)(Nc1cc(C#N)ccc1[N+](=O)[O-])C(=O)OC. The van der Waals surface area contributed by atoms with Crippen LogP contribution >= 0.6 is 0 Å². The third-order valence-corrected chi connectivity index (χ3v) is 3.12. The minimum atomic E-state index is -1.09. The van der Waals surface area contributed by atoms with Gasteiger partial charge in [0.05, 0.1) is 23.7 Å². The van der Waals surface area contributed by atoms with Crippen molar-refractivity contribution in [2.24, 2.45) is 0 Å². The minimum absolute atomic E-state index is 0.125. The predicted octanol–water partition coefficient (Wildman–Crippen LogP) is 2.61. The number of nitro benzene ring substituents is 1. The normalized spacial score (nSPS) is 12.9. The van der Waals surface area contributed by atoms with Crippen molar-refractivity contribution in [3.63, 3.8) is 0 Å². The molecule has 0 radical (unpaired) electrons. The van der Waals surface area contributed by atoms with E-state index in [1.54, 1.807) is 6.92 Å². The van der Waals surface area contributed by atoms with Gasteiger partial charge in [0.15, 0.2) is 0 Å². The number of hydrogen-bond acceptors (Lipinski definition) is 6. The summed E-state index contributed by atoms with van der Waals surface area (Å²) < 4.78 is 4.76. The zero-order chi connectivity index (χ0) is 16.0. The van der Waals surface area contributed by atoms with Crippen molar-refractivity contribution in [3.8, 4) is 6.07 Å². The number of hydrogen-bond donors (Lipinski definition) is 1. The number of ether oxygens (including phenoxy) is 1. The monoisotopic (exact) mass is 291 g/mol. The molecule has 7 heteroatoms. The van der Waals surface area contributed by atoms with E-state index >= 15 is 0 Å². The van der Waals surface area contributed by atoms with E-state index in [1.807, 2.05) is 13.0 Å². The molecule has 1 N–H and O–H groups in total. The van der Waals surface area contributed by atoms with Gasteiger partial charge >= 0.3 is 5.97 Å². The lowest BCUT2D eigenvalue weighted by atomic mass is 9.95. The zero-order valence-electron chi connectivity index (χ0n) is 12.2. The highest BCUT2D eigenvalue weighted by Gasteiger charge is 2.35. The van der Waals surface area contributed by atoms with Crippen molar-refractivity contribution in [1.29, 1.82) is 5.26 Å². The van der Waals surface area contributed by atoms with Crippen LogP contribution in [-0.2, 0) is 9.53 Å². The largest absolute Gasteiger partial charge is 0.467 e. The van der Waals surface area contributed by atoms with Crippen LogP contribution in [0.5, 0.6) is 0 Å². The Hall–Kier alpha value is -2.62. The van der Waals surface area contributed by atoms with Crippen LogP contribution in [-0.4, -0.2) is 23.5 Å². The fraction of sp³-hybridized carbons (Fsp3) is 0.429. The van der Waals surface area contributed by atoms with Crippen LogP contribution in [0.4, 0.5) is 11.4 Å². The molecular weight excluding hydrogens is 274 g/mol. The van der Waals surface area contributed by atoms with Gasteiger partial charge in [0.25, 0.3) is 5.69 Å². The summed E-state index contributed by atoms with van der Waals surface area (Å²) >= 11 is 0. The fourth-order valence-corrected chi connectivity index (χ4v) is 2.10. The molecule has 1 aromatic carbocycles. The first-order valence-electron chi connectivity index (χ1n) is 6.43. The quantitative estimate of drug-likeness (QED) is 0.490. The van der Waals surface area contributed by atoms with Crippen molar-refractivity contribution in [2.45, 2.75) is 32.2 Å². The Labute approximate surface area is 122 Å². The van der Waals surface area contributed by atoms with E-state index in [0.717, 1.165) is 0 Å². The molecule has 0 aliphatic heterocycles. The second-order valence-electron chi connectivity index (χ2n) is 4.80. The summed E-state index contributed by atoms with van der Waals surface area (Å²) in [6.07, 6.45) is 1.12. The lowest BCUT2D eigenvalue weighted by Gasteiger charge is -2.28. The number of nitrogens with zero attached hydrogens (tertiary/aromatic N) is 2. The van der Waals surface area contributed by atoms with E-state index in [0.29, 0.717) is 12.8 Å². The van der Waals surface area contributed by atoms with Gasteiger partial charge in [-0.05, 0) is 25.5 Å². The fourth-order valence-electron chi connectivity index (χ4n) is 2.10. The molecule has 0 saturated carbocycles. The lowest BCUT2D eigenvalue weighted by molar-refractivity contribution is -0.384. The molecule has 21 heavy (non-hydrogen) atoms. The molecule has 0 fully saturated rings. The van der Waals surface area contributed by atoms with Crippen molar-refractivity contribution >= 4 is 17.3 Å². The van der Waals surface area contributed by atoms with Gasteiger partial charge in [-0.15, -0.1) is 0 Å². The number of nitro groups is 1. The van der Waals surface area contributed by atoms with Crippen LogP contribution in [0.15, 0.2) is 18.2 Å². The molecule has 112 valence electrons. The molecule has 1 unspecified atom stereocenters. The van der Waals surface area contributed by atoms with Gasteiger partial charge in [-0.25, -0.2) is 4.79 Å². The van der Waals surface area contributed by atoms with E-state index in [9.17, 15) is 14.9 Å². The molecule has 0 heterocycles. The molecule has 0 bridgehead atoms. The van der Waals surface area contributed by atoms with Gasteiger partial charge in [-0.1, -0.05) is 13.3 Å². The third kappa shape index (κ3) is 3.69. The number of methoxy groups -OCH3 is 1. The molecule has 0 amide bonds. The maximum atomic E-state index is 11.9. The van der Waals surface area contributed by atoms with Gasteiger partial charge in [0.1, 0.15) is 11.2 Å². The van der Waals surface area contributed by atoms with E-state index < -0.39 is 16.4 Å². The summed E-state index contributed by atoms with van der Waals surface area (Å²) in [5.41, 5.74) is -0.894. The highest BCUT2D eigenvalue weighted by molar-refractivity contribution is 5.85. The molecule has 0 aliphatic carbocycles. The average molecular weight is 291 g/mol. The van der Waals surface area contributed by atoms with Crippen molar-refractivity contribution < 1.29 is 14.5 Å². The maximum absolute atomic E-state index is 11.9. The first kappa shape index (κ1) is 16.4. The van der Waals surface area contributed by atoms with Crippen LogP contribution < -0.4 is 5.32 Å². The highest BCUT2D eigenvalue weighted by atomic mass is 16.6. The molecule has 1 aromatic rings. The summed E-state index contributed by atoms with van der Waals surface area (Å²) in [4.78, 5) is 22.5. The molecule has 1 rings (SSSR count). The van der Waals surface area contributed by atoms with Crippen LogP contribution in [0.3, 0.4) is 0 Å². The van der Waals surface area contributed by atoms with Gasteiger partial charge in [-0.2, -0.15) is 5.26 Å². The number of anilines is 1. The van der Waals surface area contributed by atoms with Gasteiger partial charge in [0.2, 0.25) is 0 Å². The van der Waals surface area contributed by atoms with E-state index in [-0.39, 0.29) is 16.9 Å². The zero-order valence-corrected chi connectivity index (χ0v) is 12.2. The highest BCUT2D eigenvalue weighted by Crippen LogP contribution is 2.30. The first-order chi connectivity index (χ1) is 9.87. The Morgan fingerprint density at radius 2 is 2.24 bits per heavy atom. The minimum Gasteiger partial charge on any atom is -0.467 e. The van der Waals surface area contributed by atoms with Gasteiger partial charge in [0, 0.05) is 6.07 Å². The molecule has 7 nitrogen and oxygen atoms in total. The Morgan fingerprint density at radius 3 is 2.71 bits per heavy atom. The molecule has 0 spiro atoms. The number of nitrogens with one attached hydrogen (secondary N) is 1. The van der Waals surface area contributed by atoms with Crippen molar-refractivity contribution in [2.75, 3.05) is 12.4 Å². The van der Waals surface area contributed by atoms with E-state index in [1.165, 1.54) is 25.3 Å². The topological polar surface area (TPSA) is 105 Å². The molecule has 1 atom stereocenters. The first-order valence-corrected chi connectivity index (χ1v) is 6.43. The molecule has 0 aromatic heterocycles. The average Bonchev–Trinajstić information content (AvgIpc) is 2.46. The van der Waals surface area contributed by atoms with E-state index in [4.69, 9.17) is 10.00 Å². The Bertz CT molecular complexity index is 594. The predicted molar refractivity (Wildman–Crippen MR) is 76.8 cm³/mol. The van der Waals surface area contributed by atoms with Crippen LogP contribution in [0.25, 0.3) is 0 Å². The summed E-state index contributed by atoms with van der Waals surface area (Å²) in [5.74, 6) is -0.513. The number of esters is 1. The van der Waals surface area contributed by atoms with Crippen LogP contribution in [0.1, 0.15) is 32.3 Å². The summed E-state index contributed by atoms with van der Waals surface area (Å²) in [6, 6.07) is 5.87. The maximum Gasteiger partial charge on any atom is 0.331 e. The Morgan fingerprint density at radius 1 is 1.57 bits per heavy atom. The Balaban J connectivity index is 3.28. The van der Waals surface area contributed by atoms with Gasteiger partial charge < -0.3 is 10.1 Å². The summed E-state index contributed by atoms with van der Waals surface area (Å²) in [5, 5.41) is 22.8. The number of benzene rings is 1. The number of carbonyl (C=O) groups excluding carboxylic acids is 1.